The number of hydrogen-bond donors (Lipinski definition) is 1. The van der Waals surface area contributed by atoms with Crippen LogP contribution in [-0.4, -0.2) is 65.4 Å². The zero-order chi connectivity index (χ0) is 18.8. The number of thiazole rings is 1. The maximum atomic E-state index is 12.3. The Morgan fingerprint density at radius 1 is 1.36 bits per heavy atom. The fourth-order valence-electron chi connectivity index (χ4n) is 2.60. The number of aliphatic hydroxyl groups is 1. The molecule has 2 rings (SSSR count). The molecule has 0 spiro atoms. The molecule has 25 heavy (non-hydrogen) atoms. The molecule has 1 aliphatic rings. The van der Waals surface area contributed by atoms with Gasteiger partial charge in [-0.25, -0.2) is 14.6 Å². The van der Waals surface area contributed by atoms with Crippen molar-refractivity contribution < 1.29 is 24.2 Å². The van der Waals surface area contributed by atoms with Crippen molar-refractivity contribution in [3.8, 4) is 0 Å². The van der Waals surface area contributed by atoms with E-state index in [2.05, 4.69) is 4.98 Å². The van der Waals surface area contributed by atoms with Gasteiger partial charge in [0.05, 0.1) is 13.7 Å². The number of rotatable bonds is 3. The molecule has 1 aromatic rings. The zero-order valence-electron chi connectivity index (χ0n) is 15.2. The molecule has 0 radical (unpaired) electrons. The first-order chi connectivity index (χ1) is 11.7. The molecule has 8 nitrogen and oxygen atoms in total. The van der Waals surface area contributed by atoms with Crippen molar-refractivity contribution in [3.63, 3.8) is 0 Å². The minimum Gasteiger partial charge on any atom is -0.464 e. The number of anilines is 1. The number of esters is 1. The van der Waals surface area contributed by atoms with Crippen LogP contribution >= 0.6 is 11.3 Å². The molecule has 1 atom stereocenters. The largest absolute Gasteiger partial charge is 0.464 e. The summed E-state index contributed by atoms with van der Waals surface area (Å²) < 4.78 is 10.2. The maximum absolute atomic E-state index is 12.3. The van der Waals surface area contributed by atoms with Crippen molar-refractivity contribution in [1.82, 2.24) is 9.88 Å². The second kappa shape index (κ2) is 7.57. The van der Waals surface area contributed by atoms with Gasteiger partial charge in [0.1, 0.15) is 15.6 Å². The number of hydrogen-bond acceptors (Lipinski definition) is 8. The van der Waals surface area contributed by atoms with E-state index in [1.165, 1.54) is 18.4 Å². The molecule has 1 aromatic heterocycles. The third-order valence-corrected chi connectivity index (χ3v) is 4.81. The van der Waals surface area contributed by atoms with Crippen molar-refractivity contribution >= 4 is 28.4 Å². The second-order valence-corrected chi connectivity index (χ2v) is 7.94. The summed E-state index contributed by atoms with van der Waals surface area (Å²) in [7, 11) is 1.30. The van der Waals surface area contributed by atoms with Gasteiger partial charge in [-0.05, 0) is 27.7 Å². The first-order valence-corrected chi connectivity index (χ1v) is 8.91. The molecule has 1 unspecified atom stereocenters. The average Bonchev–Trinajstić information content (AvgIpc) is 2.96. The van der Waals surface area contributed by atoms with Crippen LogP contribution in [0.4, 0.5) is 9.80 Å². The molecular weight excluding hydrogens is 346 g/mol. The first-order valence-electron chi connectivity index (χ1n) is 8.09. The minimum absolute atomic E-state index is 0.0891. The molecule has 0 aromatic carbocycles. The molecule has 1 N–H and O–H groups in total. The number of piperazine rings is 1. The van der Waals surface area contributed by atoms with E-state index in [1.54, 1.807) is 4.90 Å². The van der Waals surface area contributed by atoms with Crippen LogP contribution < -0.4 is 4.90 Å². The minimum atomic E-state index is -0.542. The van der Waals surface area contributed by atoms with E-state index in [9.17, 15) is 14.7 Å². The number of carbonyl (C=O) groups is 2. The normalized spacial score (nSPS) is 18.2. The lowest BCUT2D eigenvalue weighted by molar-refractivity contribution is 0.0158. The molecule has 0 saturated carbocycles. The molecule has 9 heteroatoms. The predicted octanol–water partition coefficient (Wildman–Crippen LogP) is 1.87. The monoisotopic (exact) mass is 371 g/mol. The topological polar surface area (TPSA) is 92.2 Å². The van der Waals surface area contributed by atoms with Gasteiger partial charge in [0.15, 0.2) is 5.69 Å². The molecule has 2 heterocycles. The van der Waals surface area contributed by atoms with E-state index in [0.29, 0.717) is 29.6 Å². The summed E-state index contributed by atoms with van der Waals surface area (Å²) in [6, 6.07) is -0.0891. The Balaban J connectivity index is 2.14. The van der Waals surface area contributed by atoms with Crippen molar-refractivity contribution in [1.29, 1.82) is 0 Å². The number of methoxy groups -OCH3 is 1. The Hall–Kier alpha value is -1.87. The van der Waals surface area contributed by atoms with Crippen molar-refractivity contribution in [2.45, 2.75) is 45.9 Å². The van der Waals surface area contributed by atoms with Gasteiger partial charge >= 0.3 is 12.1 Å². The fourth-order valence-corrected chi connectivity index (χ4v) is 3.55. The number of ether oxygens (including phenoxy) is 2. The molecule has 0 aliphatic carbocycles. The molecule has 1 saturated heterocycles. The highest BCUT2D eigenvalue weighted by atomic mass is 32.1. The number of aromatic nitrogens is 1. The zero-order valence-corrected chi connectivity index (χ0v) is 16.1. The summed E-state index contributed by atoms with van der Waals surface area (Å²) in [6.45, 7) is 8.76. The molecule has 1 aliphatic heterocycles. The highest BCUT2D eigenvalue weighted by molar-refractivity contribution is 7.16. The van der Waals surface area contributed by atoms with Gasteiger partial charge in [-0.3, -0.25) is 0 Å². The Morgan fingerprint density at radius 3 is 2.56 bits per heavy atom. The quantitative estimate of drug-likeness (QED) is 0.811. The summed E-state index contributed by atoms with van der Waals surface area (Å²) in [6.07, 6.45) is -0.340. The van der Waals surface area contributed by atoms with Gasteiger partial charge in [-0.15, -0.1) is 0 Å². The van der Waals surface area contributed by atoms with Crippen molar-refractivity contribution in [2.24, 2.45) is 0 Å². The van der Waals surface area contributed by atoms with E-state index in [-0.39, 0.29) is 24.4 Å². The van der Waals surface area contributed by atoms with Crippen LogP contribution in [0.25, 0.3) is 0 Å². The Bertz CT molecular complexity index is 640. The van der Waals surface area contributed by atoms with Crippen molar-refractivity contribution in [2.75, 3.05) is 31.6 Å². The van der Waals surface area contributed by atoms with E-state index in [4.69, 9.17) is 9.47 Å². The molecule has 1 amide bonds. The lowest BCUT2D eigenvalue weighted by Gasteiger charge is -2.40. The number of carbonyl (C=O) groups excluding carboxylic acids is 2. The summed E-state index contributed by atoms with van der Waals surface area (Å²) in [5, 5.41) is 10.4. The fraction of sp³-hybridized carbons (Fsp3) is 0.688. The standard InChI is InChI=1S/C16H25N3O5S/c1-10-8-18(6-7-19(10)15(22)24-16(2,3)4)13-12(14(21)23-5)17-11(9-20)25-13/h10,20H,6-9H2,1-5H3. The molecular formula is C16H25N3O5S. The van der Waals surface area contributed by atoms with E-state index in [0.717, 1.165) is 0 Å². The molecule has 1 fully saturated rings. The summed E-state index contributed by atoms with van der Waals surface area (Å²) in [5.74, 6) is -0.534. The van der Waals surface area contributed by atoms with E-state index in [1.807, 2.05) is 32.6 Å². The highest BCUT2D eigenvalue weighted by Crippen LogP contribution is 2.31. The van der Waals surface area contributed by atoms with Crippen LogP contribution in [-0.2, 0) is 16.1 Å². The Morgan fingerprint density at radius 2 is 2.04 bits per heavy atom. The highest BCUT2D eigenvalue weighted by Gasteiger charge is 2.33. The second-order valence-electron chi connectivity index (χ2n) is 6.88. The van der Waals surface area contributed by atoms with Crippen LogP contribution in [0.3, 0.4) is 0 Å². The van der Waals surface area contributed by atoms with Crippen LogP contribution in [0.2, 0.25) is 0 Å². The molecule has 0 bridgehead atoms. The molecule has 140 valence electrons. The predicted molar refractivity (Wildman–Crippen MR) is 94.0 cm³/mol. The number of amides is 1. The average molecular weight is 371 g/mol. The van der Waals surface area contributed by atoms with E-state index >= 15 is 0 Å². The third-order valence-electron chi connectivity index (χ3n) is 3.71. The van der Waals surface area contributed by atoms with Crippen LogP contribution in [0, 0.1) is 0 Å². The van der Waals surface area contributed by atoms with Crippen LogP contribution in [0.5, 0.6) is 0 Å². The van der Waals surface area contributed by atoms with Crippen LogP contribution in [0.1, 0.15) is 43.2 Å². The first kappa shape index (κ1) is 19.5. The van der Waals surface area contributed by atoms with Gasteiger partial charge in [0.25, 0.3) is 0 Å². The summed E-state index contributed by atoms with van der Waals surface area (Å²) in [4.78, 5) is 32.1. The van der Waals surface area contributed by atoms with E-state index < -0.39 is 11.6 Å². The third kappa shape index (κ3) is 4.60. The van der Waals surface area contributed by atoms with Gasteiger partial charge in [-0.1, -0.05) is 11.3 Å². The van der Waals surface area contributed by atoms with Gasteiger partial charge < -0.3 is 24.4 Å². The van der Waals surface area contributed by atoms with Gasteiger partial charge in [0, 0.05) is 25.7 Å². The van der Waals surface area contributed by atoms with Gasteiger partial charge in [-0.2, -0.15) is 0 Å². The number of aliphatic hydroxyl groups excluding tert-OH is 1. The van der Waals surface area contributed by atoms with Gasteiger partial charge in [0.2, 0.25) is 0 Å². The summed E-state index contributed by atoms with van der Waals surface area (Å²) in [5.41, 5.74) is -0.339. The van der Waals surface area contributed by atoms with Crippen LogP contribution in [0.15, 0.2) is 0 Å². The Labute approximate surface area is 151 Å². The number of nitrogens with zero attached hydrogens (tertiary/aromatic N) is 3. The Kier molecular flexibility index (Phi) is 5.89. The smallest absolute Gasteiger partial charge is 0.410 e. The SMILES string of the molecule is COC(=O)c1nc(CO)sc1N1CCN(C(=O)OC(C)(C)C)C(C)C1. The summed E-state index contributed by atoms with van der Waals surface area (Å²) >= 11 is 1.26. The lowest BCUT2D eigenvalue weighted by atomic mass is 10.2. The van der Waals surface area contributed by atoms with Crippen molar-refractivity contribution in [3.05, 3.63) is 10.7 Å². The maximum Gasteiger partial charge on any atom is 0.410 e. The lowest BCUT2D eigenvalue weighted by Crippen LogP contribution is -2.55.